The summed E-state index contributed by atoms with van der Waals surface area (Å²) in [6.45, 7) is 4.25. The highest BCUT2D eigenvalue weighted by Crippen LogP contribution is 2.14. The summed E-state index contributed by atoms with van der Waals surface area (Å²) in [6, 6.07) is 7.38. The first-order valence-electron chi connectivity index (χ1n) is 5.91. The maximum Gasteiger partial charge on any atom is 0.153 e. The van der Waals surface area contributed by atoms with Gasteiger partial charge in [0.1, 0.15) is 18.9 Å². The molecule has 1 aromatic rings. The minimum absolute atomic E-state index is 0.638. The van der Waals surface area contributed by atoms with Gasteiger partial charge in [-0.15, -0.1) is 0 Å². The molecule has 1 N–H and O–H groups in total. The molecule has 1 aliphatic rings. The molecule has 2 rings (SSSR count). The standard InChI is InChI=1S/C13H17NO2/c15-11-12-5-1-2-6-13(12)16-10-9-14-7-3-4-8-14/h1-2,5-6,11H,3-4,7-10H2/p+1. The second-order valence-electron chi connectivity index (χ2n) is 4.21. The van der Waals surface area contributed by atoms with Gasteiger partial charge < -0.3 is 9.64 Å². The number of ether oxygens (including phenoxy) is 1. The van der Waals surface area contributed by atoms with E-state index in [0.717, 1.165) is 12.8 Å². The van der Waals surface area contributed by atoms with E-state index in [1.807, 2.05) is 18.2 Å². The quantitative estimate of drug-likeness (QED) is 0.735. The number of hydrogen-bond donors (Lipinski definition) is 1. The third-order valence-corrected chi connectivity index (χ3v) is 3.07. The van der Waals surface area contributed by atoms with Gasteiger partial charge in [0.25, 0.3) is 0 Å². The molecule has 0 unspecified atom stereocenters. The van der Waals surface area contributed by atoms with Crippen LogP contribution in [0.25, 0.3) is 0 Å². The smallest absolute Gasteiger partial charge is 0.153 e. The number of likely N-dealkylation sites (tertiary alicyclic amines) is 1. The van der Waals surface area contributed by atoms with Crippen molar-refractivity contribution in [3.8, 4) is 5.75 Å². The van der Waals surface area contributed by atoms with E-state index in [1.54, 1.807) is 11.0 Å². The highest BCUT2D eigenvalue weighted by Gasteiger charge is 2.14. The molecule has 16 heavy (non-hydrogen) atoms. The molecule has 1 heterocycles. The Bertz CT molecular complexity index is 346. The Labute approximate surface area is 96.0 Å². The number of para-hydroxylation sites is 1. The molecule has 1 aliphatic heterocycles. The maximum atomic E-state index is 10.8. The molecule has 0 radical (unpaired) electrons. The molecule has 3 nitrogen and oxygen atoms in total. The van der Waals surface area contributed by atoms with E-state index < -0.39 is 0 Å². The Morgan fingerprint density at radius 3 is 2.75 bits per heavy atom. The predicted molar refractivity (Wildman–Crippen MR) is 62.1 cm³/mol. The number of nitrogens with one attached hydrogen (secondary N) is 1. The molecule has 0 saturated carbocycles. The van der Waals surface area contributed by atoms with Gasteiger partial charge in [-0.1, -0.05) is 12.1 Å². The van der Waals surface area contributed by atoms with Crippen molar-refractivity contribution in [3.05, 3.63) is 29.8 Å². The monoisotopic (exact) mass is 220 g/mol. The van der Waals surface area contributed by atoms with Crippen molar-refractivity contribution in [2.24, 2.45) is 0 Å². The first-order valence-corrected chi connectivity index (χ1v) is 5.91. The fourth-order valence-corrected chi connectivity index (χ4v) is 2.14. The molecule has 0 aliphatic carbocycles. The summed E-state index contributed by atoms with van der Waals surface area (Å²) in [5.74, 6) is 0.705. The summed E-state index contributed by atoms with van der Waals surface area (Å²) in [6.07, 6.45) is 3.51. The second kappa shape index (κ2) is 5.66. The lowest BCUT2D eigenvalue weighted by Gasteiger charge is -2.13. The summed E-state index contributed by atoms with van der Waals surface area (Å²) >= 11 is 0. The molecule has 1 aromatic carbocycles. The van der Waals surface area contributed by atoms with Gasteiger partial charge in [-0.25, -0.2) is 0 Å². The van der Waals surface area contributed by atoms with Crippen molar-refractivity contribution >= 4 is 6.29 Å². The van der Waals surface area contributed by atoms with Gasteiger partial charge in [-0.05, 0) is 12.1 Å². The number of benzene rings is 1. The van der Waals surface area contributed by atoms with E-state index in [4.69, 9.17) is 4.74 Å². The highest BCUT2D eigenvalue weighted by molar-refractivity contribution is 5.79. The van der Waals surface area contributed by atoms with Gasteiger partial charge in [-0.2, -0.15) is 0 Å². The molecule has 0 atom stereocenters. The SMILES string of the molecule is O=Cc1ccccc1OCC[NH+]1CCCC1. The van der Waals surface area contributed by atoms with Gasteiger partial charge in [0, 0.05) is 12.8 Å². The predicted octanol–water partition coefficient (Wildman–Crippen LogP) is 0.557. The summed E-state index contributed by atoms with van der Waals surface area (Å²) in [4.78, 5) is 12.4. The van der Waals surface area contributed by atoms with E-state index in [-0.39, 0.29) is 0 Å². The Balaban J connectivity index is 1.82. The van der Waals surface area contributed by atoms with Crippen LogP contribution in [0.3, 0.4) is 0 Å². The first-order chi connectivity index (χ1) is 7.90. The molecule has 1 saturated heterocycles. The number of hydrogen-bond acceptors (Lipinski definition) is 2. The van der Waals surface area contributed by atoms with Crippen molar-refractivity contribution < 1.29 is 14.4 Å². The molecular weight excluding hydrogens is 202 g/mol. The lowest BCUT2D eigenvalue weighted by atomic mass is 10.2. The average molecular weight is 220 g/mol. The molecule has 3 heteroatoms. The van der Waals surface area contributed by atoms with Crippen LogP contribution in [-0.4, -0.2) is 32.5 Å². The maximum absolute atomic E-state index is 10.8. The third kappa shape index (κ3) is 2.83. The number of quaternary nitrogens is 1. The van der Waals surface area contributed by atoms with Crippen LogP contribution < -0.4 is 9.64 Å². The first kappa shape index (κ1) is 11.1. The zero-order chi connectivity index (χ0) is 11.2. The lowest BCUT2D eigenvalue weighted by Crippen LogP contribution is -3.10. The van der Waals surface area contributed by atoms with Gasteiger partial charge in [0.15, 0.2) is 6.29 Å². The van der Waals surface area contributed by atoms with Crippen LogP contribution in [0, 0.1) is 0 Å². The van der Waals surface area contributed by atoms with Gasteiger partial charge in [-0.3, -0.25) is 4.79 Å². The number of aldehydes is 1. The van der Waals surface area contributed by atoms with Crippen molar-refractivity contribution in [3.63, 3.8) is 0 Å². The normalized spacial score (nSPS) is 16.2. The minimum atomic E-state index is 0.638. The molecule has 0 aromatic heterocycles. The largest absolute Gasteiger partial charge is 0.487 e. The van der Waals surface area contributed by atoms with E-state index in [2.05, 4.69) is 0 Å². The Kier molecular flexibility index (Phi) is 3.94. The van der Waals surface area contributed by atoms with Crippen molar-refractivity contribution in [1.29, 1.82) is 0 Å². The summed E-state index contributed by atoms with van der Waals surface area (Å²) in [5.41, 5.74) is 0.638. The van der Waals surface area contributed by atoms with E-state index in [1.165, 1.54) is 25.9 Å². The number of carbonyl (C=O) groups excluding carboxylic acids is 1. The second-order valence-corrected chi connectivity index (χ2v) is 4.21. The van der Waals surface area contributed by atoms with Crippen LogP contribution in [0.1, 0.15) is 23.2 Å². The Hall–Kier alpha value is -1.35. The van der Waals surface area contributed by atoms with Gasteiger partial charge in [0.05, 0.1) is 18.7 Å². The van der Waals surface area contributed by atoms with Crippen LogP contribution in [0.5, 0.6) is 5.75 Å². The van der Waals surface area contributed by atoms with Crippen LogP contribution in [-0.2, 0) is 0 Å². The summed E-state index contributed by atoms with van der Waals surface area (Å²) in [5, 5.41) is 0. The molecule has 0 spiro atoms. The average Bonchev–Trinajstić information content (AvgIpc) is 2.83. The fourth-order valence-electron chi connectivity index (χ4n) is 2.14. The minimum Gasteiger partial charge on any atom is -0.487 e. The van der Waals surface area contributed by atoms with E-state index >= 15 is 0 Å². The molecular formula is C13H18NO2+. The zero-order valence-corrected chi connectivity index (χ0v) is 9.45. The van der Waals surface area contributed by atoms with E-state index in [0.29, 0.717) is 17.9 Å². The lowest BCUT2D eigenvalue weighted by molar-refractivity contribution is -0.887. The highest BCUT2D eigenvalue weighted by atomic mass is 16.5. The molecule has 1 fully saturated rings. The molecule has 86 valence electrons. The van der Waals surface area contributed by atoms with Crippen LogP contribution in [0.2, 0.25) is 0 Å². The van der Waals surface area contributed by atoms with Crippen molar-refractivity contribution in [2.75, 3.05) is 26.2 Å². The van der Waals surface area contributed by atoms with Crippen LogP contribution in [0.4, 0.5) is 0 Å². The Morgan fingerprint density at radius 2 is 2.00 bits per heavy atom. The van der Waals surface area contributed by atoms with E-state index in [9.17, 15) is 4.79 Å². The Morgan fingerprint density at radius 1 is 1.25 bits per heavy atom. The molecule has 0 bridgehead atoms. The summed E-state index contributed by atoms with van der Waals surface area (Å²) < 4.78 is 5.64. The van der Waals surface area contributed by atoms with Gasteiger partial charge in [0.2, 0.25) is 0 Å². The third-order valence-electron chi connectivity index (χ3n) is 3.07. The fraction of sp³-hybridized carbons (Fsp3) is 0.462. The topological polar surface area (TPSA) is 30.7 Å². The van der Waals surface area contributed by atoms with Gasteiger partial charge >= 0.3 is 0 Å². The van der Waals surface area contributed by atoms with Crippen molar-refractivity contribution in [2.45, 2.75) is 12.8 Å². The number of carbonyl (C=O) groups is 1. The van der Waals surface area contributed by atoms with Crippen LogP contribution >= 0.6 is 0 Å². The van der Waals surface area contributed by atoms with Crippen LogP contribution in [0.15, 0.2) is 24.3 Å². The summed E-state index contributed by atoms with van der Waals surface area (Å²) in [7, 11) is 0. The number of rotatable bonds is 5. The molecule has 0 amide bonds. The van der Waals surface area contributed by atoms with Crippen molar-refractivity contribution in [1.82, 2.24) is 0 Å². The zero-order valence-electron chi connectivity index (χ0n) is 9.45.